The highest BCUT2D eigenvalue weighted by molar-refractivity contribution is 5.78. The molecule has 1 atom stereocenters. The number of nitrogens with zero attached hydrogens (tertiary/aromatic N) is 1. The van der Waals surface area contributed by atoms with E-state index in [1.54, 1.807) is 0 Å². The molecule has 1 unspecified atom stereocenters. The van der Waals surface area contributed by atoms with Gasteiger partial charge in [0.05, 0.1) is 0 Å². The summed E-state index contributed by atoms with van der Waals surface area (Å²) in [6, 6.07) is 8.47. The van der Waals surface area contributed by atoms with Crippen LogP contribution in [0.4, 0.5) is 0 Å². The number of carbonyl (C=O) groups excluding carboxylic acids is 1. The highest BCUT2D eigenvalue weighted by Gasteiger charge is 2.16. The van der Waals surface area contributed by atoms with Gasteiger partial charge in [-0.2, -0.15) is 0 Å². The smallest absolute Gasteiger partial charge is 0.225 e. The summed E-state index contributed by atoms with van der Waals surface area (Å²) in [6.07, 6.45) is 2.82. The molecule has 106 valence electrons. The Labute approximate surface area is 116 Å². The van der Waals surface area contributed by atoms with Gasteiger partial charge in [-0.25, -0.2) is 0 Å². The first kappa shape index (κ1) is 15.7. The molecule has 0 saturated heterocycles. The summed E-state index contributed by atoms with van der Waals surface area (Å²) in [7, 11) is 1.87. The molecule has 0 bridgehead atoms. The Hall–Kier alpha value is -1.35. The van der Waals surface area contributed by atoms with E-state index in [1.165, 1.54) is 11.1 Å². The predicted molar refractivity (Wildman–Crippen MR) is 79.7 cm³/mol. The molecule has 0 spiro atoms. The summed E-state index contributed by atoms with van der Waals surface area (Å²) in [5, 5.41) is 0. The van der Waals surface area contributed by atoms with Crippen molar-refractivity contribution in [3.8, 4) is 0 Å². The normalized spacial score (nSPS) is 12.2. The van der Waals surface area contributed by atoms with Crippen LogP contribution in [0.5, 0.6) is 0 Å². The molecule has 0 radical (unpaired) electrons. The molecule has 0 saturated carbocycles. The standard InChI is InChI=1S/C16H26N2O/c1-4-14-7-9-15(10-8-14)12-18(3)16(19)13(2)6-5-11-17/h7-10,13H,4-6,11-12,17H2,1-3H3. The van der Waals surface area contributed by atoms with E-state index in [1.807, 2.05) is 18.9 Å². The molecular weight excluding hydrogens is 236 g/mol. The number of hydrogen-bond acceptors (Lipinski definition) is 2. The van der Waals surface area contributed by atoms with Gasteiger partial charge in [-0.05, 0) is 36.9 Å². The maximum atomic E-state index is 12.2. The molecule has 0 aliphatic carbocycles. The van der Waals surface area contributed by atoms with E-state index >= 15 is 0 Å². The van der Waals surface area contributed by atoms with Gasteiger partial charge in [0.2, 0.25) is 5.91 Å². The lowest BCUT2D eigenvalue weighted by Gasteiger charge is -2.21. The second-order valence-corrected chi connectivity index (χ2v) is 5.20. The monoisotopic (exact) mass is 262 g/mol. The second-order valence-electron chi connectivity index (χ2n) is 5.20. The Bertz CT molecular complexity index is 386. The zero-order valence-corrected chi connectivity index (χ0v) is 12.4. The second kappa shape index (κ2) is 7.95. The van der Waals surface area contributed by atoms with Crippen LogP contribution < -0.4 is 5.73 Å². The summed E-state index contributed by atoms with van der Waals surface area (Å²) in [5.41, 5.74) is 7.99. The van der Waals surface area contributed by atoms with E-state index in [4.69, 9.17) is 5.73 Å². The molecule has 1 aromatic carbocycles. The molecule has 0 fully saturated rings. The summed E-state index contributed by atoms with van der Waals surface area (Å²) in [4.78, 5) is 14.0. The summed E-state index contributed by atoms with van der Waals surface area (Å²) in [5.74, 6) is 0.261. The number of carbonyl (C=O) groups is 1. The molecule has 1 amide bonds. The van der Waals surface area contributed by atoms with Gasteiger partial charge in [0.15, 0.2) is 0 Å². The maximum Gasteiger partial charge on any atom is 0.225 e. The molecule has 3 nitrogen and oxygen atoms in total. The van der Waals surface area contributed by atoms with Crippen LogP contribution in [0.25, 0.3) is 0 Å². The molecule has 0 aliphatic heterocycles. The van der Waals surface area contributed by atoms with Crippen LogP contribution in [-0.4, -0.2) is 24.4 Å². The molecule has 3 heteroatoms. The van der Waals surface area contributed by atoms with E-state index in [0.29, 0.717) is 13.1 Å². The van der Waals surface area contributed by atoms with E-state index < -0.39 is 0 Å². The minimum Gasteiger partial charge on any atom is -0.341 e. The van der Waals surface area contributed by atoms with Crippen LogP contribution >= 0.6 is 0 Å². The van der Waals surface area contributed by atoms with Crippen molar-refractivity contribution in [1.29, 1.82) is 0 Å². The minimum absolute atomic E-state index is 0.0588. The van der Waals surface area contributed by atoms with Crippen LogP contribution in [0, 0.1) is 5.92 Å². The van der Waals surface area contributed by atoms with E-state index in [9.17, 15) is 4.79 Å². The van der Waals surface area contributed by atoms with Gasteiger partial charge in [0, 0.05) is 19.5 Å². The van der Waals surface area contributed by atoms with Gasteiger partial charge < -0.3 is 10.6 Å². The van der Waals surface area contributed by atoms with Gasteiger partial charge in [-0.15, -0.1) is 0 Å². The Kier molecular flexibility index (Phi) is 6.57. The van der Waals surface area contributed by atoms with Crippen LogP contribution in [0.15, 0.2) is 24.3 Å². The molecule has 2 N–H and O–H groups in total. The largest absolute Gasteiger partial charge is 0.341 e. The van der Waals surface area contributed by atoms with Crippen molar-refractivity contribution in [3.63, 3.8) is 0 Å². The van der Waals surface area contributed by atoms with Crippen molar-refractivity contribution >= 4 is 5.91 Å². The first-order chi connectivity index (χ1) is 9.08. The van der Waals surface area contributed by atoms with Crippen LogP contribution in [-0.2, 0) is 17.8 Å². The molecule has 0 heterocycles. The highest BCUT2D eigenvalue weighted by atomic mass is 16.2. The average Bonchev–Trinajstić information content (AvgIpc) is 2.44. The predicted octanol–water partition coefficient (Wildman–Crippen LogP) is 2.58. The lowest BCUT2D eigenvalue weighted by molar-refractivity contribution is -0.134. The fourth-order valence-electron chi connectivity index (χ4n) is 2.16. The van der Waals surface area contributed by atoms with Crippen molar-refractivity contribution in [2.24, 2.45) is 11.7 Å². The SMILES string of the molecule is CCc1ccc(CN(C)C(=O)C(C)CCCN)cc1. The number of rotatable bonds is 7. The van der Waals surface area contributed by atoms with Crippen LogP contribution in [0.1, 0.15) is 37.8 Å². The Morgan fingerprint density at radius 3 is 2.37 bits per heavy atom. The zero-order valence-electron chi connectivity index (χ0n) is 12.4. The van der Waals surface area contributed by atoms with Crippen molar-refractivity contribution in [3.05, 3.63) is 35.4 Å². The molecule has 1 aromatic rings. The van der Waals surface area contributed by atoms with Crippen molar-refractivity contribution in [2.45, 2.75) is 39.7 Å². The number of hydrogen-bond donors (Lipinski definition) is 1. The number of amides is 1. The Morgan fingerprint density at radius 1 is 1.26 bits per heavy atom. The van der Waals surface area contributed by atoms with E-state index in [0.717, 1.165) is 19.3 Å². The lowest BCUT2D eigenvalue weighted by Crippen LogP contribution is -2.31. The van der Waals surface area contributed by atoms with Gasteiger partial charge in [-0.3, -0.25) is 4.79 Å². The summed E-state index contributed by atoms with van der Waals surface area (Å²) in [6.45, 7) is 5.45. The molecule has 1 rings (SSSR count). The Morgan fingerprint density at radius 2 is 1.84 bits per heavy atom. The molecular formula is C16H26N2O. The quantitative estimate of drug-likeness (QED) is 0.821. The third-order valence-corrected chi connectivity index (χ3v) is 3.49. The zero-order chi connectivity index (χ0) is 14.3. The van der Waals surface area contributed by atoms with Crippen molar-refractivity contribution in [1.82, 2.24) is 4.90 Å². The van der Waals surface area contributed by atoms with Crippen LogP contribution in [0.3, 0.4) is 0 Å². The fourth-order valence-corrected chi connectivity index (χ4v) is 2.16. The lowest BCUT2D eigenvalue weighted by atomic mass is 10.0. The van der Waals surface area contributed by atoms with Gasteiger partial charge >= 0.3 is 0 Å². The summed E-state index contributed by atoms with van der Waals surface area (Å²) < 4.78 is 0. The molecule has 0 aromatic heterocycles. The summed E-state index contributed by atoms with van der Waals surface area (Å²) >= 11 is 0. The van der Waals surface area contributed by atoms with Gasteiger partial charge in [0.1, 0.15) is 0 Å². The van der Waals surface area contributed by atoms with Crippen molar-refractivity contribution < 1.29 is 4.79 Å². The van der Waals surface area contributed by atoms with Crippen molar-refractivity contribution in [2.75, 3.05) is 13.6 Å². The van der Waals surface area contributed by atoms with Gasteiger partial charge in [-0.1, -0.05) is 38.1 Å². The topological polar surface area (TPSA) is 46.3 Å². The third-order valence-electron chi connectivity index (χ3n) is 3.49. The number of aryl methyl sites for hydroxylation is 1. The van der Waals surface area contributed by atoms with E-state index in [2.05, 4.69) is 31.2 Å². The van der Waals surface area contributed by atoms with Crippen LogP contribution in [0.2, 0.25) is 0 Å². The first-order valence-corrected chi connectivity index (χ1v) is 7.11. The average molecular weight is 262 g/mol. The maximum absolute atomic E-state index is 12.2. The highest BCUT2D eigenvalue weighted by Crippen LogP contribution is 2.12. The Balaban J connectivity index is 2.52. The minimum atomic E-state index is 0.0588. The van der Waals surface area contributed by atoms with E-state index in [-0.39, 0.29) is 11.8 Å². The first-order valence-electron chi connectivity index (χ1n) is 7.11. The fraction of sp³-hybridized carbons (Fsp3) is 0.562. The molecule has 0 aliphatic rings. The number of benzene rings is 1. The van der Waals surface area contributed by atoms with Gasteiger partial charge in [0.25, 0.3) is 0 Å². The third kappa shape index (κ3) is 5.03. The number of nitrogens with two attached hydrogens (primary N) is 1. The molecule has 19 heavy (non-hydrogen) atoms.